The highest BCUT2D eigenvalue weighted by atomic mass is 15.2. The molecule has 0 aliphatic heterocycles. The van der Waals surface area contributed by atoms with Gasteiger partial charge in [-0.05, 0) is 44.4 Å². The van der Waals surface area contributed by atoms with Gasteiger partial charge in [-0.2, -0.15) is 0 Å². The van der Waals surface area contributed by atoms with Crippen molar-refractivity contribution in [3.8, 4) is 0 Å². The van der Waals surface area contributed by atoms with Gasteiger partial charge in [0.05, 0.1) is 0 Å². The van der Waals surface area contributed by atoms with Crippen LogP contribution in [0.4, 0.5) is 5.82 Å². The van der Waals surface area contributed by atoms with Crippen LogP contribution in [0.3, 0.4) is 0 Å². The van der Waals surface area contributed by atoms with Gasteiger partial charge in [-0.3, -0.25) is 0 Å². The van der Waals surface area contributed by atoms with Crippen molar-refractivity contribution in [1.29, 1.82) is 0 Å². The second kappa shape index (κ2) is 7.49. The Hall–Kier alpha value is -1.09. The summed E-state index contributed by atoms with van der Waals surface area (Å²) >= 11 is 0. The first-order chi connectivity index (χ1) is 9.35. The Bertz CT molecular complexity index is 355. The summed E-state index contributed by atoms with van der Waals surface area (Å²) in [6.45, 7) is 7.48. The molecular weight excluding hydrogens is 234 g/mol. The molecule has 1 aromatic heterocycles. The molecule has 1 aliphatic carbocycles. The van der Waals surface area contributed by atoms with Crippen LogP contribution >= 0.6 is 0 Å². The minimum absolute atomic E-state index is 0.710. The summed E-state index contributed by atoms with van der Waals surface area (Å²) in [6.07, 6.45) is 8.61. The molecule has 0 atom stereocenters. The first kappa shape index (κ1) is 14.3. The average Bonchev–Trinajstić information content (AvgIpc) is 2.96. The first-order valence-electron chi connectivity index (χ1n) is 7.77. The van der Waals surface area contributed by atoms with Crippen molar-refractivity contribution in [3.05, 3.63) is 23.9 Å². The van der Waals surface area contributed by atoms with Crippen LogP contribution in [0.15, 0.2) is 18.3 Å². The fraction of sp³-hybridized carbons (Fsp3) is 0.688. The molecule has 3 heteroatoms. The fourth-order valence-electron chi connectivity index (χ4n) is 2.92. The number of aromatic nitrogens is 1. The maximum absolute atomic E-state index is 4.66. The van der Waals surface area contributed by atoms with Gasteiger partial charge < -0.3 is 10.2 Å². The van der Waals surface area contributed by atoms with E-state index in [9.17, 15) is 0 Å². The lowest BCUT2D eigenvalue weighted by atomic mass is 10.2. The van der Waals surface area contributed by atoms with E-state index in [0.717, 1.165) is 25.5 Å². The van der Waals surface area contributed by atoms with Crippen LogP contribution in [0, 0.1) is 0 Å². The standard InChI is InChI=1S/C16H27N3/c1-3-11-17-12-14-9-10-16(18-13-14)19(4-2)15-7-5-6-8-15/h9-10,13,15,17H,3-8,11-12H2,1-2H3. The SMILES string of the molecule is CCCNCc1ccc(N(CC)C2CCCC2)nc1. The van der Waals surface area contributed by atoms with Crippen LogP contribution < -0.4 is 10.2 Å². The Morgan fingerprint density at radius 1 is 1.26 bits per heavy atom. The Labute approximate surface area is 117 Å². The molecule has 106 valence electrons. The predicted molar refractivity (Wildman–Crippen MR) is 81.5 cm³/mol. The summed E-state index contributed by atoms with van der Waals surface area (Å²) in [5.74, 6) is 1.15. The second-order valence-corrected chi connectivity index (χ2v) is 5.43. The van der Waals surface area contributed by atoms with Crippen LogP contribution in [0.5, 0.6) is 0 Å². The largest absolute Gasteiger partial charge is 0.354 e. The van der Waals surface area contributed by atoms with Crippen LogP contribution in [0.2, 0.25) is 0 Å². The molecule has 1 saturated carbocycles. The zero-order valence-electron chi connectivity index (χ0n) is 12.4. The van der Waals surface area contributed by atoms with Gasteiger partial charge >= 0.3 is 0 Å². The van der Waals surface area contributed by atoms with E-state index in [2.05, 4.69) is 41.2 Å². The average molecular weight is 261 g/mol. The van der Waals surface area contributed by atoms with Crippen molar-refractivity contribution in [2.45, 2.75) is 58.5 Å². The van der Waals surface area contributed by atoms with Gasteiger partial charge in [-0.1, -0.05) is 25.8 Å². The Kier molecular flexibility index (Phi) is 5.64. The Morgan fingerprint density at radius 3 is 2.63 bits per heavy atom. The molecule has 1 aromatic rings. The van der Waals surface area contributed by atoms with Gasteiger partial charge in [-0.25, -0.2) is 4.98 Å². The highest BCUT2D eigenvalue weighted by Crippen LogP contribution is 2.26. The van der Waals surface area contributed by atoms with E-state index in [1.165, 1.54) is 37.7 Å². The summed E-state index contributed by atoms with van der Waals surface area (Å²) in [4.78, 5) is 7.13. The highest BCUT2D eigenvalue weighted by Gasteiger charge is 2.22. The molecule has 0 spiro atoms. The fourth-order valence-corrected chi connectivity index (χ4v) is 2.92. The van der Waals surface area contributed by atoms with Gasteiger partial charge in [0.2, 0.25) is 0 Å². The lowest BCUT2D eigenvalue weighted by molar-refractivity contribution is 0.612. The number of hydrogen-bond acceptors (Lipinski definition) is 3. The summed E-state index contributed by atoms with van der Waals surface area (Å²) in [6, 6.07) is 5.11. The highest BCUT2D eigenvalue weighted by molar-refractivity contribution is 5.40. The van der Waals surface area contributed by atoms with Crippen LogP contribution in [0.25, 0.3) is 0 Å². The zero-order chi connectivity index (χ0) is 13.5. The molecule has 0 aromatic carbocycles. The van der Waals surface area contributed by atoms with Crippen molar-refractivity contribution >= 4 is 5.82 Å². The lowest BCUT2D eigenvalue weighted by Gasteiger charge is -2.28. The number of nitrogens with one attached hydrogen (secondary N) is 1. The van der Waals surface area contributed by atoms with Crippen LogP contribution in [-0.2, 0) is 6.54 Å². The van der Waals surface area contributed by atoms with E-state index in [1.807, 2.05) is 6.20 Å². The molecule has 1 fully saturated rings. The van der Waals surface area contributed by atoms with Gasteiger partial charge in [-0.15, -0.1) is 0 Å². The molecule has 0 unspecified atom stereocenters. The van der Waals surface area contributed by atoms with Crippen LogP contribution in [-0.4, -0.2) is 24.1 Å². The van der Waals surface area contributed by atoms with Gasteiger partial charge in [0.1, 0.15) is 5.82 Å². The molecule has 0 radical (unpaired) electrons. The smallest absolute Gasteiger partial charge is 0.128 e. The number of pyridine rings is 1. The van der Waals surface area contributed by atoms with Gasteiger partial charge in [0.15, 0.2) is 0 Å². The molecular formula is C16H27N3. The normalized spacial score (nSPS) is 15.9. The van der Waals surface area contributed by atoms with Crippen molar-refractivity contribution in [2.24, 2.45) is 0 Å². The van der Waals surface area contributed by atoms with Crippen molar-refractivity contribution < 1.29 is 0 Å². The molecule has 1 N–H and O–H groups in total. The molecule has 0 amide bonds. The third-order valence-electron chi connectivity index (χ3n) is 3.97. The number of rotatable bonds is 7. The molecule has 1 aliphatic rings. The second-order valence-electron chi connectivity index (χ2n) is 5.43. The van der Waals surface area contributed by atoms with E-state index < -0.39 is 0 Å². The van der Waals surface area contributed by atoms with Crippen molar-refractivity contribution in [3.63, 3.8) is 0 Å². The van der Waals surface area contributed by atoms with Gasteiger partial charge in [0, 0.05) is 25.3 Å². The topological polar surface area (TPSA) is 28.2 Å². The Balaban J connectivity index is 1.95. The lowest BCUT2D eigenvalue weighted by Crippen LogP contribution is -2.33. The van der Waals surface area contributed by atoms with E-state index in [4.69, 9.17) is 0 Å². The molecule has 3 nitrogen and oxygen atoms in total. The first-order valence-corrected chi connectivity index (χ1v) is 7.77. The number of hydrogen-bond donors (Lipinski definition) is 1. The van der Waals surface area contributed by atoms with E-state index >= 15 is 0 Å². The molecule has 1 heterocycles. The quantitative estimate of drug-likeness (QED) is 0.763. The number of anilines is 1. The molecule has 2 rings (SSSR count). The summed E-state index contributed by atoms with van der Waals surface area (Å²) in [5, 5.41) is 3.42. The zero-order valence-corrected chi connectivity index (χ0v) is 12.4. The molecule has 0 saturated heterocycles. The summed E-state index contributed by atoms with van der Waals surface area (Å²) < 4.78 is 0. The van der Waals surface area contributed by atoms with E-state index in [-0.39, 0.29) is 0 Å². The maximum Gasteiger partial charge on any atom is 0.128 e. The Morgan fingerprint density at radius 2 is 2.05 bits per heavy atom. The van der Waals surface area contributed by atoms with Crippen molar-refractivity contribution in [2.75, 3.05) is 18.0 Å². The van der Waals surface area contributed by atoms with Crippen LogP contribution in [0.1, 0.15) is 51.5 Å². The van der Waals surface area contributed by atoms with Gasteiger partial charge in [0.25, 0.3) is 0 Å². The predicted octanol–water partition coefficient (Wildman–Crippen LogP) is 3.35. The minimum Gasteiger partial charge on any atom is -0.354 e. The minimum atomic E-state index is 0.710. The summed E-state index contributed by atoms with van der Waals surface area (Å²) in [7, 11) is 0. The van der Waals surface area contributed by atoms with E-state index in [0.29, 0.717) is 6.04 Å². The van der Waals surface area contributed by atoms with E-state index in [1.54, 1.807) is 0 Å². The monoisotopic (exact) mass is 261 g/mol. The molecule has 0 bridgehead atoms. The third kappa shape index (κ3) is 3.93. The number of nitrogens with zero attached hydrogens (tertiary/aromatic N) is 2. The third-order valence-corrected chi connectivity index (χ3v) is 3.97. The molecule has 19 heavy (non-hydrogen) atoms. The maximum atomic E-state index is 4.66. The summed E-state index contributed by atoms with van der Waals surface area (Å²) in [5.41, 5.74) is 1.28. The van der Waals surface area contributed by atoms with Crippen molar-refractivity contribution in [1.82, 2.24) is 10.3 Å².